The van der Waals surface area contributed by atoms with Crippen molar-refractivity contribution in [2.45, 2.75) is 18.9 Å². The lowest BCUT2D eigenvalue weighted by molar-refractivity contribution is 0.315. The van der Waals surface area contributed by atoms with Gasteiger partial charge in [-0.2, -0.15) is 0 Å². The molecule has 1 aromatic rings. The molecule has 2 rings (SSSR count). The van der Waals surface area contributed by atoms with E-state index in [4.69, 9.17) is 22.1 Å². The number of benzene rings is 1. The Hall–Kier alpha value is -0.770. The highest BCUT2D eigenvalue weighted by Crippen LogP contribution is 2.33. The van der Waals surface area contributed by atoms with E-state index < -0.39 is 0 Å². The Kier molecular flexibility index (Phi) is 4.04. The van der Waals surface area contributed by atoms with Gasteiger partial charge in [-0.3, -0.25) is 0 Å². The van der Waals surface area contributed by atoms with Gasteiger partial charge in [-0.1, -0.05) is 11.6 Å². The van der Waals surface area contributed by atoms with Crippen molar-refractivity contribution in [1.82, 2.24) is 5.32 Å². The van der Waals surface area contributed by atoms with Crippen molar-refractivity contribution in [1.29, 1.82) is 0 Å². The maximum absolute atomic E-state index is 6.02. The van der Waals surface area contributed by atoms with Crippen LogP contribution in [0.2, 0.25) is 5.02 Å². The second-order valence-corrected chi connectivity index (χ2v) is 4.40. The molecule has 0 radical (unpaired) electrons. The quantitative estimate of drug-likeness (QED) is 0.851. The lowest BCUT2D eigenvalue weighted by atomic mass is 10.0. The summed E-state index contributed by atoms with van der Waals surface area (Å²) in [6, 6.07) is 6.10. The zero-order valence-electron chi connectivity index (χ0n) is 9.21. The Morgan fingerprint density at radius 3 is 3.19 bits per heavy atom. The van der Waals surface area contributed by atoms with Crippen LogP contribution < -0.4 is 15.8 Å². The third kappa shape index (κ3) is 2.67. The minimum absolute atomic E-state index is 0.305. The van der Waals surface area contributed by atoms with Crippen LogP contribution in [0.3, 0.4) is 0 Å². The van der Waals surface area contributed by atoms with Crippen LogP contribution in [0.4, 0.5) is 0 Å². The Balaban J connectivity index is 2.24. The van der Waals surface area contributed by atoms with Gasteiger partial charge in [0, 0.05) is 29.7 Å². The zero-order chi connectivity index (χ0) is 11.4. The average Bonchev–Trinajstić information content (AvgIpc) is 2.48. The maximum atomic E-state index is 6.02. The second kappa shape index (κ2) is 5.53. The summed E-state index contributed by atoms with van der Waals surface area (Å²) in [7, 11) is 0. The predicted molar refractivity (Wildman–Crippen MR) is 66.0 cm³/mol. The van der Waals surface area contributed by atoms with Crippen LogP contribution >= 0.6 is 11.6 Å². The van der Waals surface area contributed by atoms with Crippen LogP contribution in [-0.2, 0) is 0 Å². The highest BCUT2D eigenvalue weighted by atomic mass is 35.5. The number of nitrogens with two attached hydrogens (primary N) is 1. The topological polar surface area (TPSA) is 47.3 Å². The lowest BCUT2D eigenvalue weighted by Gasteiger charge is -2.18. The van der Waals surface area contributed by atoms with Crippen LogP contribution in [-0.4, -0.2) is 19.7 Å². The molecule has 0 fully saturated rings. The fourth-order valence-electron chi connectivity index (χ4n) is 2.02. The Bertz CT molecular complexity index is 357. The maximum Gasteiger partial charge on any atom is 0.124 e. The molecule has 0 bridgehead atoms. The average molecular weight is 241 g/mol. The molecule has 0 aliphatic carbocycles. The zero-order valence-corrected chi connectivity index (χ0v) is 9.96. The van der Waals surface area contributed by atoms with Gasteiger partial charge in [0.15, 0.2) is 0 Å². The third-order valence-electron chi connectivity index (χ3n) is 2.78. The van der Waals surface area contributed by atoms with E-state index in [9.17, 15) is 0 Å². The minimum Gasteiger partial charge on any atom is -0.493 e. The summed E-state index contributed by atoms with van der Waals surface area (Å²) >= 11 is 6.02. The first-order chi connectivity index (χ1) is 7.81. The normalized spacial score (nSPS) is 19.8. The largest absolute Gasteiger partial charge is 0.493 e. The first-order valence-electron chi connectivity index (χ1n) is 5.67. The molecule has 88 valence electrons. The summed E-state index contributed by atoms with van der Waals surface area (Å²) < 4.78 is 5.68. The van der Waals surface area contributed by atoms with Crippen molar-refractivity contribution < 1.29 is 4.74 Å². The number of nitrogens with one attached hydrogen (secondary N) is 1. The number of rotatable bonds is 3. The molecule has 16 heavy (non-hydrogen) atoms. The molecule has 3 nitrogen and oxygen atoms in total. The van der Waals surface area contributed by atoms with Gasteiger partial charge < -0.3 is 15.8 Å². The van der Waals surface area contributed by atoms with Crippen molar-refractivity contribution in [3.8, 4) is 5.75 Å². The first-order valence-corrected chi connectivity index (χ1v) is 6.05. The molecule has 1 unspecified atom stereocenters. The summed E-state index contributed by atoms with van der Waals surface area (Å²) in [6.07, 6.45) is 2.11. The van der Waals surface area contributed by atoms with Crippen molar-refractivity contribution in [2.24, 2.45) is 5.73 Å². The number of hydrogen-bond donors (Lipinski definition) is 2. The molecule has 0 aromatic heterocycles. The molecule has 4 heteroatoms. The predicted octanol–water partition coefficient (Wildman–Crippen LogP) is 2.10. The Labute approximate surface area is 101 Å². The van der Waals surface area contributed by atoms with Gasteiger partial charge in [0.1, 0.15) is 5.75 Å². The van der Waals surface area contributed by atoms with E-state index in [-0.39, 0.29) is 0 Å². The van der Waals surface area contributed by atoms with Crippen molar-refractivity contribution in [3.63, 3.8) is 0 Å². The van der Waals surface area contributed by atoms with E-state index in [0.29, 0.717) is 12.6 Å². The minimum atomic E-state index is 0.305. The van der Waals surface area contributed by atoms with Crippen LogP contribution in [0.25, 0.3) is 0 Å². The van der Waals surface area contributed by atoms with E-state index in [2.05, 4.69) is 5.32 Å². The fourth-order valence-corrected chi connectivity index (χ4v) is 2.20. The molecule has 0 saturated heterocycles. The number of ether oxygens (including phenoxy) is 1. The summed E-state index contributed by atoms with van der Waals surface area (Å²) in [5, 5.41) is 4.18. The van der Waals surface area contributed by atoms with Crippen molar-refractivity contribution in [3.05, 3.63) is 28.8 Å². The molecule has 1 aromatic carbocycles. The van der Waals surface area contributed by atoms with Gasteiger partial charge in [-0.15, -0.1) is 0 Å². The van der Waals surface area contributed by atoms with Crippen LogP contribution in [0.5, 0.6) is 5.75 Å². The highest BCUT2D eigenvalue weighted by Gasteiger charge is 2.19. The number of fused-ring (bicyclic) bond motifs is 1. The van der Waals surface area contributed by atoms with Crippen molar-refractivity contribution in [2.75, 3.05) is 19.7 Å². The molecule has 0 saturated carbocycles. The Morgan fingerprint density at radius 2 is 2.38 bits per heavy atom. The van der Waals surface area contributed by atoms with Crippen LogP contribution in [0.15, 0.2) is 18.2 Å². The molecule has 0 spiro atoms. The molecule has 1 atom stereocenters. The van der Waals surface area contributed by atoms with Gasteiger partial charge in [-0.25, -0.2) is 0 Å². The first kappa shape index (κ1) is 11.7. The van der Waals surface area contributed by atoms with Crippen molar-refractivity contribution >= 4 is 11.6 Å². The van der Waals surface area contributed by atoms with Gasteiger partial charge in [-0.05, 0) is 31.0 Å². The van der Waals surface area contributed by atoms with Crippen LogP contribution in [0, 0.1) is 0 Å². The van der Waals surface area contributed by atoms with Crippen LogP contribution in [0.1, 0.15) is 24.4 Å². The molecule has 1 aliphatic rings. The third-order valence-corrected chi connectivity index (χ3v) is 3.01. The van der Waals surface area contributed by atoms with Gasteiger partial charge in [0.2, 0.25) is 0 Å². The number of halogens is 1. The molecular formula is C12H17ClN2O. The van der Waals surface area contributed by atoms with E-state index in [1.807, 2.05) is 18.2 Å². The Morgan fingerprint density at radius 1 is 1.50 bits per heavy atom. The van der Waals surface area contributed by atoms with E-state index in [1.165, 1.54) is 0 Å². The SMILES string of the molecule is NCCNC1CCCOc2ccc(Cl)cc21. The fraction of sp³-hybridized carbons (Fsp3) is 0.500. The summed E-state index contributed by atoms with van der Waals surface area (Å²) in [5.74, 6) is 0.941. The number of hydrogen-bond acceptors (Lipinski definition) is 3. The van der Waals surface area contributed by atoms with Gasteiger partial charge in [0.05, 0.1) is 6.61 Å². The monoisotopic (exact) mass is 240 g/mol. The standard InChI is InChI=1S/C12H17ClN2O/c13-9-3-4-12-10(8-9)11(15-6-5-14)2-1-7-16-12/h3-4,8,11,15H,1-2,5-7,14H2. The summed E-state index contributed by atoms with van der Waals surface area (Å²) in [5.41, 5.74) is 6.67. The van der Waals surface area contributed by atoms with E-state index >= 15 is 0 Å². The summed E-state index contributed by atoms with van der Waals surface area (Å²) in [4.78, 5) is 0. The second-order valence-electron chi connectivity index (χ2n) is 3.97. The summed E-state index contributed by atoms with van der Waals surface area (Å²) in [6.45, 7) is 2.24. The van der Waals surface area contributed by atoms with E-state index in [0.717, 1.165) is 42.3 Å². The highest BCUT2D eigenvalue weighted by molar-refractivity contribution is 6.30. The molecule has 1 aliphatic heterocycles. The van der Waals surface area contributed by atoms with Gasteiger partial charge >= 0.3 is 0 Å². The smallest absolute Gasteiger partial charge is 0.124 e. The molecule has 0 amide bonds. The lowest BCUT2D eigenvalue weighted by Crippen LogP contribution is -2.27. The molecule has 1 heterocycles. The van der Waals surface area contributed by atoms with E-state index in [1.54, 1.807) is 0 Å². The van der Waals surface area contributed by atoms with Gasteiger partial charge in [0.25, 0.3) is 0 Å². The molecular weight excluding hydrogens is 224 g/mol. The molecule has 3 N–H and O–H groups in total.